The molecule has 0 aliphatic carbocycles. The van der Waals surface area contributed by atoms with Gasteiger partial charge < -0.3 is 10.6 Å². The first-order chi connectivity index (χ1) is 8.40. The van der Waals surface area contributed by atoms with E-state index < -0.39 is 17.5 Å². The zero-order chi connectivity index (χ0) is 13.3. The Morgan fingerprint density at radius 3 is 2.67 bits per heavy atom. The third kappa shape index (κ3) is 2.61. The highest BCUT2D eigenvalue weighted by Crippen LogP contribution is 2.30. The summed E-state index contributed by atoms with van der Waals surface area (Å²) in [5, 5.41) is 6.17. The Hall–Kier alpha value is -1.23. The van der Waals surface area contributed by atoms with E-state index >= 15 is 0 Å². The quantitative estimate of drug-likeness (QED) is 0.797. The molecule has 2 rings (SSSR count). The molecule has 0 aromatic heterocycles. The third-order valence-corrected chi connectivity index (χ3v) is 3.46. The lowest BCUT2D eigenvalue weighted by atomic mass is 9.80. The summed E-state index contributed by atoms with van der Waals surface area (Å²) < 4.78 is 39.8. The van der Waals surface area contributed by atoms with Crippen LogP contribution in [-0.2, 0) is 0 Å². The van der Waals surface area contributed by atoms with Crippen LogP contribution in [0.5, 0.6) is 0 Å². The molecule has 1 aromatic carbocycles. The van der Waals surface area contributed by atoms with Crippen LogP contribution in [0.4, 0.5) is 18.9 Å². The third-order valence-electron chi connectivity index (χ3n) is 3.46. The second-order valence-electron chi connectivity index (χ2n) is 5.40. The Labute approximate surface area is 105 Å². The summed E-state index contributed by atoms with van der Waals surface area (Å²) in [5.74, 6) is -2.96. The highest BCUT2D eigenvalue weighted by Gasteiger charge is 2.32. The van der Waals surface area contributed by atoms with Crippen molar-refractivity contribution in [3.63, 3.8) is 0 Å². The lowest BCUT2D eigenvalue weighted by Crippen LogP contribution is -2.49. The van der Waals surface area contributed by atoms with Crippen LogP contribution in [0.1, 0.15) is 20.3 Å². The summed E-state index contributed by atoms with van der Waals surface area (Å²) in [6.45, 7) is 5.65. The number of hydrogen-bond donors (Lipinski definition) is 2. The van der Waals surface area contributed by atoms with Crippen molar-refractivity contribution in [2.45, 2.75) is 26.3 Å². The molecule has 100 valence electrons. The molecule has 1 aliphatic heterocycles. The summed E-state index contributed by atoms with van der Waals surface area (Å²) in [6.07, 6.45) is 0.782. The molecule has 0 bridgehead atoms. The maximum absolute atomic E-state index is 13.6. The molecule has 1 aromatic rings. The monoisotopic (exact) mass is 258 g/mol. The van der Waals surface area contributed by atoms with E-state index in [0.29, 0.717) is 6.07 Å². The Kier molecular flexibility index (Phi) is 3.52. The number of benzene rings is 1. The van der Waals surface area contributed by atoms with Gasteiger partial charge in [0.05, 0.1) is 5.69 Å². The number of rotatable bonds is 2. The first-order valence-corrected chi connectivity index (χ1v) is 6.02. The normalized spacial score (nSPS) is 22.8. The number of halogens is 3. The highest BCUT2D eigenvalue weighted by atomic mass is 19.2. The van der Waals surface area contributed by atoms with Crippen LogP contribution < -0.4 is 10.6 Å². The minimum Gasteiger partial charge on any atom is -0.379 e. The van der Waals surface area contributed by atoms with E-state index in [-0.39, 0.29) is 17.1 Å². The van der Waals surface area contributed by atoms with Crippen LogP contribution in [0.2, 0.25) is 0 Å². The molecule has 1 aliphatic rings. The molecular formula is C13H17F3N2. The van der Waals surface area contributed by atoms with Crippen LogP contribution in [0.25, 0.3) is 0 Å². The van der Waals surface area contributed by atoms with E-state index in [1.807, 2.05) is 13.8 Å². The summed E-state index contributed by atoms with van der Waals surface area (Å²) in [4.78, 5) is 0. The molecule has 0 amide bonds. The predicted molar refractivity (Wildman–Crippen MR) is 65.0 cm³/mol. The fourth-order valence-electron chi connectivity index (χ4n) is 2.29. The molecule has 1 heterocycles. The molecule has 1 fully saturated rings. The number of anilines is 1. The predicted octanol–water partition coefficient (Wildman–Crippen LogP) is 2.90. The molecule has 2 N–H and O–H groups in total. The van der Waals surface area contributed by atoms with Gasteiger partial charge in [-0.3, -0.25) is 0 Å². The van der Waals surface area contributed by atoms with Crippen LogP contribution in [0.15, 0.2) is 12.1 Å². The summed E-state index contributed by atoms with van der Waals surface area (Å²) in [6, 6.07) is 1.53. The molecule has 1 atom stereocenters. The van der Waals surface area contributed by atoms with Gasteiger partial charge in [0.2, 0.25) is 0 Å². The molecule has 5 heteroatoms. The van der Waals surface area contributed by atoms with Crippen molar-refractivity contribution < 1.29 is 13.2 Å². The molecular weight excluding hydrogens is 241 g/mol. The Bertz CT molecular complexity index is 446. The fourth-order valence-corrected chi connectivity index (χ4v) is 2.29. The molecule has 0 radical (unpaired) electrons. The van der Waals surface area contributed by atoms with E-state index in [1.54, 1.807) is 0 Å². The van der Waals surface area contributed by atoms with E-state index in [9.17, 15) is 13.2 Å². The summed E-state index contributed by atoms with van der Waals surface area (Å²) >= 11 is 0. The van der Waals surface area contributed by atoms with Crippen molar-refractivity contribution in [3.05, 3.63) is 29.6 Å². The van der Waals surface area contributed by atoms with Crippen molar-refractivity contribution in [1.82, 2.24) is 5.32 Å². The number of hydrogen-bond acceptors (Lipinski definition) is 2. The second kappa shape index (κ2) is 4.80. The van der Waals surface area contributed by atoms with Gasteiger partial charge in [0.25, 0.3) is 0 Å². The Morgan fingerprint density at radius 2 is 2.00 bits per heavy atom. The molecule has 2 nitrogen and oxygen atoms in total. The van der Waals surface area contributed by atoms with Gasteiger partial charge in [-0.1, -0.05) is 13.8 Å². The first kappa shape index (κ1) is 13.2. The van der Waals surface area contributed by atoms with Crippen molar-refractivity contribution in [3.8, 4) is 0 Å². The maximum atomic E-state index is 13.6. The minimum absolute atomic E-state index is 0.0190. The van der Waals surface area contributed by atoms with Crippen LogP contribution >= 0.6 is 0 Å². The molecule has 18 heavy (non-hydrogen) atoms. The molecule has 0 saturated carbocycles. The average molecular weight is 258 g/mol. The SMILES string of the molecule is CC1(C)CNCCC1Nc1cc(F)cc(F)c1F. The van der Waals surface area contributed by atoms with Crippen molar-refractivity contribution in [1.29, 1.82) is 0 Å². The van der Waals surface area contributed by atoms with E-state index in [0.717, 1.165) is 25.6 Å². The second-order valence-corrected chi connectivity index (χ2v) is 5.40. The van der Waals surface area contributed by atoms with Crippen molar-refractivity contribution >= 4 is 5.69 Å². The van der Waals surface area contributed by atoms with E-state index in [1.165, 1.54) is 0 Å². The van der Waals surface area contributed by atoms with Crippen LogP contribution in [0, 0.1) is 22.9 Å². The van der Waals surface area contributed by atoms with Crippen LogP contribution in [-0.4, -0.2) is 19.1 Å². The minimum atomic E-state index is -1.16. The van der Waals surface area contributed by atoms with Crippen LogP contribution in [0.3, 0.4) is 0 Å². The van der Waals surface area contributed by atoms with Gasteiger partial charge in [0.1, 0.15) is 5.82 Å². The van der Waals surface area contributed by atoms with Gasteiger partial charge in [-0.25, -0.2) is 13.2 Å². The smallest absolute Gasteiger partial charge is 0.182 e. The topological polar surface area (TPSA) is 24.1 Å². The lowest BCUT2D eigenvalue weighted by molar-refractivity contribution is 0.236. The molecule has 1 saturated heterocycles. The van der Waals surface area contributed by atoms with Crippen molar-refractivity contribution in [2.75, 3.05) is 18.4 Å². The van der Waals surface area contributed by atoms with E-state index in [4.69, 9.17) is 0 Å². The fraction of sp³-hybridized carbons (Fsp3) is 0.538. The highest BCUT2D eigenvalue weighted by molar-refractivity contribution is 5.47. The molecule has 0 spiro atoms. The largest absolute Gasteiger partial charge is 0.379 e. The Morgan fingerprint density at radius 1 is 1.28 bits per heavy atom. The van der Waals surface area contributed by atoms with Gasteiger partial charge in [0.15, 0.2) is 11.6 Å². The standard InChI is InChI=1S/C13H17F3N2/c1-13(2)7-17-4-3-11(13)18-10-6-8(14)5-9(15)12(10)16/h5-6,11,17-18H,3-4,7H2,1-2H3. The Balaban J connectivity index is 2.23. The van der Waals surface area contributed by atoms with Crippen molar-refractivity contribution in [2.24, 2.45) is 5.41 Å². The average Bonchev–Trinajstić information content (AvgIpc) is 2.27. The first-order valence-electron chi connectivity index (χ1n) is 6.02. The zero-order valence-corrected chi connectivity index (χ0v) is 10.5. The van der Waals surface area contributed by atoms with Gasteiger partial charge in [-0.2, -0.15) is 0 Å². The number of nitrogens with one attached hydrogen (secondary N) is 2. The summed E-state index contributed by atoms with van der Waals surface area (Å²) in [7, 11) is 0. The zero-order valence-electron chi connectivity index (χ0n) is 10.5. The van der Waals surface area contributed by atoms with Gasteiger partial charge in [-0.15, -0.1) is 0 Å². The number of piperidine rings is 1. The summed E-state index contributed by atoms with van der Waals surface area (Å²) in [5.41, 5.74) is -0.208. The molecule has 1 unspecified atom stereocenters. The van der Waals surface area contributed by atoms with Gasteiger partial charge in [-0.05, 0) is 18.4 Å². The van der Waals surface area contributed by atoms with Gasteiger partial charge >= 0.3 is 0 Å². The maximum Gasteiger partial charge on any atom is 0.182 e. The van der Waals surface area contributed by atoms with Gasteiger partial charge in [0, 0.05) is 24.7 Å². The lowest BCUT2D eigenvalue weighted by Gasteiger charge is -2.40. The van der Waals surface area contributed by atoms with E-state index in [2.05, 4.69) is 10.6 Å².